The van der Waals surface area contributed by atoms with Crippen LogP contribution in [0.25, 0.3) is 0 Å². The van der Waals surface area contributed by atoms with Crippen molar-refractivity contribution in [2.24, 2.45) is 4.99 Å². The van der Waals surface area contributed by atoms with Crippen molar-refractivity contribution < 1.29 is 9.47 Å². The number of nitrogens with one attached hydrogen (secondary N) is 2. The van der Waals surface area contributed by atoms with E-state index in [0.717, 1.165) is 28.9 Å². The fraction of sp³-hybridized carbons (Fsp3) is 0.500. The summed E-state index contributed by atoms with van der Waals surface area (Å²) >= 11 is 1.63. The molecule has 2 aromatic rings. The zero-order valence-corrected chi connectivity index (χ0v) is 18.2. The number of nitrogens with zero attached hydrogens (tertiary/aromatic N) is 3. The van der Waals surface area contributed by atoms with Crippen molar-refractivity contribution in [2.45, 2.75) is 26.1 Å². The first-order valence-corrected chi connectivity index (χ1v) is 10.2. The molecule has 1 aromatic carbocycles. The van der Waals surface area contributed by atoms with E-state index in [1.807, 2.05) is 14.0 Å². The number of aromatic nitrogens is 1. The second kappa shape index (κ2) is 11.6. The van der Waals surface area contributed by atoms with Gasteiger partial charge in [-0.15, -0.1) is 11.3 Å². The number of benzene rings is 1. The highest BCUT2D eigenvalue weighted by Gasteiger charge is 2.12. The van der Waals surface area contributed by atoms with Gasteiger partial charge in [-0.25, -0.2) is 4.98 Å². The van der Waals surface area contributed by atoms with Gasteiger partial charge in [-0.3, -0.25) is 4.99 Å². The molecule has 0 aliphatic carbocycles. The smallest absolute Gasteiger partial charge is 0.194 e. The van der Waals surface area contributed by atoms with Gasteiger partial charge in [0.05, 0.1) is 18.8 Å². The lowest BCUT2D eigenvalue weighted by Crippen LogP contribution is -2.38. The Bertz CT molecular complexity index is 732. The molecule has 1 unspecified atom stereocenters. The summed E-state index contributed by atoms with van der Waals surface area (Å²) in [5.74, 6) is 0.830. The molecule has 0 aliphatic rings. The molecule has 0 bridgehead atoms. The van der Waals surface area contributed by atoms with E-state index in [2.05, 4.69) is 55.2 Å². The van der Waals surface area contributed by atoms with E-state index in [0.29, 0.717) is 19.7 Å². The summed E-state index contributed by atoms with van der Waals surface area (Å²) in [7, 11) is 7.21. The Balaban J connectivity index is 1.85. The molecule has 1 heterocycles. The number of guanidine groups is 1. The summed E-state index contributed by atoms with van der Waals surface area (Å²) in [5.41, 5.74) is 3.30. The average Bonchev–Trinajstić information content (AvgIpc) is 3.17. The third-order valence-electron chi connectivity index (χ3n) is 4.28. The van der Waals surface area contributed by atoms with Gasteiger partial charge in [0.25, 0.3) is 0 Å². The molecule has 0 radical (unpaired) electrons. The Labute approximate surface area is 171 Å². The number of anilines is 1. The molecule has 0 saturated heterocycles. The second-order valence-corrected chi connectivity index (χ2v) is 7.32. The largest absolute Gasteiger partial charge is 0.383 e. The van der Waals surface area contributed by atoms with Gasteiger partial charge in [-0.2, -0.15) is 0 Å². The highest BCUT2D eigenvalue weighted by molar-refractivity contribution is 7.09. The van der Waals surface area contributed by atoms with Crippen LogP contribution in [-0.4, -0.2) is 57.3 Å². The van der Waals surface area contributed by atoms with Gasteiger partial charge in [0.1, 0.15) is 11.1 Å². The lowest BCUT2D eigenvalue weighted by molar-refractivity contribution is 0.119. The molecular weight excluding hydrogens is 374 g/mol. The number of aliphatic imine (C=N–C) groups is 1. The molecule has 154 valence electrons. The van der Waals surface area contributed by atoms with Gasteiger partial charge >= 0.3 is 0 Å². The van der Waals surface area contributed by atoms with Gasteiger partial charge in [-0.05, 0) is 24.6 Å². The van der Waals surface area contributed by atoms with Gasteiger partial charge in [0, 0.05) is 52.5 Å². The van der Waals surface area contributed by atoms with E-state index < -0.39 is 0 Å². The maximum Gasteiger partial charge on any atom is 0.194 e. The van der Waals surface area contributed by atoms with Crippen molar-refractivity contribution in [3.05, 3.63) is 45.9 Å². The molecule has 0 spiro atoms. The zero-order valence-electron chi connectivity index (χ0n) is 17.4. The molecule has 0 fully saturated rings. The Morgan fingerprint density at radius 1 is 1.29 bits per heavy atom. The van der Waals surface area contributed by atoms with Crippen LogP contribution in [0.5, 0.6) is 0 Å². The van der Waals surface area contributed by atoms with Crippen LogP contribution in [0.15, 0.2) is 34.6 Å². The lowest BCUT2D eigenvalue weighted by atomic mass is 10.2. The lowest BCUT2D eigenvalue weighted by Gasteiger charge is -2.21. The van der Waals surface area contributed by atoms with Gasteiger partial charge in [0.2, 0.25) is 0 Å². The van der Waals surface area contributed by atoms with E-state index in [9.17, 15) is 0 Å². The number of hydrogen-bond acceptors (Lipinski definition) is 6. The zero-order chi connectivity index (χ0) is 20.4. The van der Waals surface area contributed by atoms with Crippen molar-refractivity contribution in [3.63, 3.8) is 0 Å². The topological polar surface area (TPSA) is 71.0 Å². The Morgan fingerprint density at radius 2 is 2.04 bits per heavy atom. The summed E-state index contributed by atoms with van der Waals surface area (Å²) in [6.07, 6.45) is 0.0217. The molecular formula is C20H31N5O2S. The summed E-state index contributed by atoms with van der Waals surface area (Å²) in [6.45, 7) is 4.89. The van der Waals surface area contributed by atoms with E-state index >= 15 is 0 Å². The predicted molar refractivity (Wildman–Crippen MR) is 116 cm³/mol. The van der Waals surface area contributed by atoms with Crippen molar-refractivity contribution in [1.82, 2.24) is 15.2 Å². The number of thiazole rings is 1. The van der Waals surface area contributed by atoms with E-state index in [1.165, 1.54) is 5.56 Å². The molecule has 2 N–H and O–H groups in total. The predicted octanol–water partition coefficient (Wildman–Crippen LogP) is 3.12. The van der Waals surface area contributed by atoms with Crippen LogP contribution in [0.2, 0.25) is 0 Å². The minimum absolute atomic E-state index is 0.0217. The molecule has 2 rings (SSSR count). The minimum atomic E-state index is 0.0217. The van der Waals surface area contributed by atoms with E-state index in [4.69, 9.17) is 9.47 Å². The van der Waals surface area contributed by atoms with E-state index in [1.54, 1.807) is 32.6 Å². The number of methoxy groups -OCH3 is 2. The maximum atomic E-state index is 5.33. The van der Waals surface area contributed by atoms with Crippen LogP contribution >= 0.6 is 11.3 Å². The van der Waals surface area contributed by atoms with Crippen LogP contribution in [-0.2, 0) is 22.6 Å². The molecule has 28 heavy (non-hydrogen) atoms. The Kier molecular flexibility index (Phi) is 9.19. The van der Waals surface area contributed by atoms with Crippen LogP contribution in [0.3, 0.4) is 0 Å². The average molecular weight is 406 g/mol. The highest BCUT2D eigenvalue weighted by atomic mass is 32.1. The van der Waals surface area contributed by atoms with Crippen LogP contribution < -0.4 is 10.6 Å². The van der Waals surface area contributed by atoms with Crippen molar-refractivity contribution in [3.8, 4) is 0 Å². The van der Waals surface area contributed by atoms with Crippen LogP contribution in [0, 0.1) is 0 Å². The van der Waals surface area contributed by atoms with Crippen LogP contribution in [0.4, 0.5) is 5.69 Å². The molecule has 0 aliphatic heterocycles. The molecule has 1 aromatic heterocycles. The first-order chi connectivity index (χ1) is 13.6. The number of rotatable bonds is 10. The molecule has 1 atom stereocenters. The summed E-state index contributed by atoms with van der Waals surface area (Å²) in [6, 6.07) is 8.36. The highest BCUT2D eigenvalue weighted by Crippen LogP contribution is 2.21. The maximum absolute atomic E-state index is 5.33. The summed E-state index contributed by atoms with van der Waals surface area (Å²) in [4.78, 5) is 11.1. The first kappa shape index (κ1) is 22.1. The first-order valence-electron chi connectivity index (χ1n) is 9.28. The van der Waals surface area contributed by atoms with Gasteiger partial charge in [0.15, 0.2) is 5.96 Å². The normalized spacial score (nSPS) is 12.7. The molecule has 0 saturated carbocycles. The molecule has 7 nitrogen and oxygen atoms in total. The van der Waals surface area contributed by atoms with Gasteiger partial charge in [-0.1, -0.05) is 12.1 Å². The summed E-state index contributed by atoms with van der Waals surface area (Å²) < 4.78 is 10.4. The van der Waals surface area contributed by atoms with Crippen LogP contribution in [0.1, 0.15) is 29.3 Å². The summed E-state index contributed by atoms with van der Waals surface area (Å²) in [5, 5.41) is 9.79. The third-order valence-corrected chi connectivity index (χ3v) is 5.34. The second-order valence-electron chi connectivity index (χ2n) is 6.43. The minimum Gasteiger partial charge on any atom is -0.383 e. The fourth-order valence-corrected chi connectivity index (χ4v) is 3.45. The third kappa shape index (κ3) is 6.78. The van der Waals surface area contributed by atoms with Crippen molar-refractivity contribution in [2.75, 3.05) is 46.8 Å². The van der Waals surface area contributed by atoms with Crippen molar-refractivity contribution in [1.29, 1.82) is 0 Å². The van der Waals surface area contributed by atoms with Crippen molar-refractivity contribution >= 4 is 23.0 Å². The van der Waals surface area contributed by atoms with Gasteiger partial charge < -0.3 is 25.0 Å². The molecule has 8 heteroatoms. The Hall–Kier alpha value is -2.16. The number of hydrogen-bond donors (Lipinski definition) is 2. The number of ether oxygens (including phenoxy) is 2. The standard InChI is InChI=1S/C20H31N5O2S/c1-15(27-5)19-24-18(14-28-19)13-25(3)20(21-2)23-12-16-6-8-17(9-7-16)22-10-11-26-4/h6-9,14-15,22H,10-13H2,1-5H3,(H,21,23). The van der Waals surface area contributed by atoms with E-state index in [-0.39, 0.29) is 6.10 Å². The fourth-order valence-electron chi connectivity index (χ4n) is 2.60. The molecule has 0 amide bonds. The monoisotopic (exact) mass is 405 g/mol. The Morgan fingerprint density at radius 3 is 2.68 bits per heavy atom. The quantitative estimate of drug-likeness (QED) is 0.360. The SMILES string of the molecule is CN=C(NCc1ccc(NCCOC)cc1)N(C)Cc1csc(C(C)OC)n1.